The standard InChI is InChI=1S/C16H15ClF2O2/c17-12-4-1-3-11(7-12)16(9-20,10-21)8-13-14(18)5-2-6-15(13)19/h1-7,20-21H,8-10H2. The van der Waals surface area contributed by atoms with Crippen molar-refractivity contribution in [1.29, 1.82) is 0 Å². The molecule has 0 aromatic heterocycles. The lowest BCUT2D eigenvalue weighted by molar-refractivity contribution is 0.115. The zero-order chi connectivity index (χ0) is 15.5. The van der Waals surface area contributed by atoms with Crippen molar-refractivity contribution in [1.82, 2.24) is 0 Å². The van der Waals surface area contributed by atoms with Crippen LogP contribution in [0.3, 0.4) is 0 Å². The first-order valence-electron chi connectivity index (χ1n) is 6.43. The summed E-state index contributed by atoms with van der Waals surface area (Å²) in [6.45, 7) is -0.921. The van der Waals surface area contributed by atoms with Crippen LogP contribution in [0, 0.1) is 11.6 Å². The smallest absolute Gasteiger partial charge is 0.129 e. The van der Waals surface area contributed by atoms with E-state index in [1.807, 2.05) is 0 Å². The molecule has 21 heavy (non-hydrogen) atoms. The molecular formula is C16H15ClF2O2. The lowest BCUT2D eigenvalue weighted by atomic mass is 9.76. The van der Waals surface area contributed by atoms with Crippen LogP contribution in [0.25, 0.3) is 0 Å². The number of hydrogen-bond donors (Lipinski definition) is 2. The van der Waals surface area contributed by atoms with Crippen molar-refractivity contribution < 1.29 is 19.0 Å². The molecule has 0 heterocycles. The molecule has 2 rings (SSSR count). The van der Waals surface area contributed by atoms with E-state index in [1.54, 1.807) is 24.3 Å². The Hall–Kier alpha value is -1.49. The van der Waals surface area contributed by atoms with Crippen LogP contribution in [0.15, 0.2) is 42.5 Å². The highest BCUT2D eigenvalue weighted by atomic mass is 35.5. The molecule has 0 bridgehead atoms. The molecule has 0 unspecified atom stereocenters. The SMILES string of the molecule is OCC(CO)(Cc1c(F)cccc1F)c1cccc(Cl)c1. The lowest BCUT2D eigenvalue weighted by Gasteiger charge is -2.31. The van der Waals surface area contributed by atoms with E-state index in [9.17, 15) is 19.0 Å². The van der Waals surface area contributed by atoms with Gasteiger partial charge in [-0.05, 0) is 36.2 Å². The molecule has 112 valence electrons. The van der Waals surface area contributed by atoms with Gasteiger partial charge in [0.1, 0.15) is 11.6 Å². The van der Waals surface area contributed by atoms with Gasteiger partial charge in [0.15, 0.2) is 0 Å². The molecule has 2 N–H and O–H groups in total. The average Bonchev–Trinajstić information content (AvgIpc) is 2.48. The van der Waals surface area contributed by atoms with Crippen molar-refractivity contribution in [2.75, 3.05) is 13.2 Å². The molecule has 5 heteroatoms. The van der Waals surface area contributed by atoms with Crippen molar-refractivity contribution in [3.05, 3.63) is 70.2 Å². The molecule has 0 saturated carbocycles. The zero-order valence-corrected chi connectivity index (χ0v) is 11.9. The molecule has 0 saturated heterocycles. The summed E-state index contributed by atoms with van der Waals surface area (Å²) in [7, 11) is 0. The van der Waals surface area contributed by atoms with Gasteiger partial charge in [0.05, 0.1) is 13.2 Å². The van der Waals surface area contributed by atoms with Gasteiger partial charge in [0, 0.05) is 16.0 Å². The Morgan fingerprint density at radius 3 is 2.05 bits per heavy atom. The fraction of sp³-hybridized carbons (Fsp3) is 0.250. The number of aliphatic hydroxyl groups excluding tert-OH is 2. The Morgan fingerprint density at radius 2 is 1.52 bits per heavy atom. The maximum absolute atomic E-state index is 13.8. The van der Waals surface area contributed by atoms with Gasteiger partial charge in [-0.25, -0.2) is 8.78 Å². The van der Waals surface area contributed by atoms with Crippen LogP contribution in [0.1, 0.15) is 11.1 Å². The monoisotopic (exact) mass is 312 g/mol. The van der Waals surface area contributed by atoms with E-state index in [2.05, 4.69) is 0 Å². The van der Waals surface area contributed by atoms with Crippen molar-refractivity contribution in [2.45, 2.75) is 11.8 Å². The Morgan fingerprint density at radius 1 is 0.952 bits per heavy atom. The number of aliphatic hydroxyl groups is 2. The summed E-state index contributed by atoms with van der Waals surface area (Å²) in [5.41, 5.74) is -0.836. The van der Waals surface area contributed by atoms with Gasteiger partial charge in [0.25, 0.3) is 0 Å². The van der Waals surface area contributed by atoms with Crippen LogP contribution < -0.4 is 0 Å². The minimum Gasteiger partial charge on any atom is -0.395 e. The largest absolute Gasteiger partial charge is 0.395 e. The maximum Gasteiger partial charge on any atom is 0.129 e. The minimum absolute atomic E-state index is 0.166. The summed E-state index contributed by atoms with van der Waals surface area (Å²) in [6.07, 6.45) is -0.168. The molecule has 0 atom stereocenters. The first-order valence-corrected chi connectivity index (χ1v) is 6.81. The minimum atomic E-state index is -1.20. The first-order chi connectivity index (χ1) is 10.0. The lowest BCUT2D eigenvalue weighted by Crippen LogP contribution is -2.38. The predicted octanol–water partition coefficient (Wildman–Crippen LogP) is 3.08. The van der Waals surface area contributed by atoms with E-state index in [4.69, 9.17) is 11.6 Å². The number of halogens is 3. The van der Waals surface area contributed by atoms with E-state index in [1.165, 1.54) is 6.07 Å². The topological polar surface area (TPSA) is 40.5 Å². The Bertz CT molecular complexity index is 607. The molecule has 2 aromatic carbocycles. The first kappa shape index (κ1) is 15.9. The third-order valence-electron chi connectivity index (χ3n) is 3.62. The van der Waals surface area contributed by atoms with E-state index in [0.717, 1.165) is 12.1 Å². The predicted molar refractivity (Wildman–Crippen MR) is 77.4 cm³/mol. The Labute approximate surface area is 126 Å². The van der Waals surface area contributed by atoms with Gasteiger partial charge >= 0.3 is 0 Å². The second-order valence-corrected chi connectivity index (χ2v) is 5.42. The van der Waals surface area contributed by atoms with Crippen LogP contribution >= 0.6 is 11.6 Å². The van der Waals surface area contributed by atoms with Crippen molar-refractivity contribution in [3.63, 3.8) is 0 Å². The second kappa shape index (κ2) is 6.52. The molecule has 0 spiro atoms. The van der Waals surface area contributed by atoms with Crippen LogP contribution in [-0.4, -0.2) is 23.4 Å². The second-order valence-electron chi connectivity index (χ2n) is 4.98. The normalized spacial score (nSPS) is 11.7. The highest BCUT2D eigenvalue weighted by Gasteiger charge is 2.33. The van der Waals surface area contributed by atoms with Gasteiger partial charge in [0.2, 0.25) is 0 Å². The molecule has 0 amide bonds. The molecule has 0 radical (unpaired) electrons. The van der Waals surface area contributed by atoms with Gasteiger partial charge in [-0.15, -0.1) is 0 Å². The molecule has 2 nitrogen and oxygen atoms in total. The summed E-state index contributed by atoms with van der Waals surface area (Å²) in [4.78, 5) is 0. The molecule has 0 aliphatic heterocycles. The van der Waals surface area contributed by atoms with Gasteiger partial charge in [-0.2, -0.15) is 0 Å². The van der Waals surface area contributed by atoms with Crippen LogP contribution in [-0.2, 0) is 11.8 Å². The van der Waals surface area contributed by atoms with Crippen molar-refractivity contribution >= 4 is 11.6 Å². The average molecular weight is 313 g/mol. The summed E-state index contributed by atoms with van der Waals surface area (Å²) in [6, 6.07) is 10.1. The summed E-state index contributed by atoms with van der Waals surface area (Å²) in [5.74, 6) is -1.41. The van der Waals surface area contributed by atoms with Crippen molar-refractivity contribution in [2.24, 2.45) is 0 Å². The van der Waals surface area contributed by atoms with Gasteiger partial charge in [-0.3, -0.25) is 0 Å². The Kier molecular flexibility index (Phi) is 4.93. The summed E-state index contributed by atoms with van der Waals surface area (Å²) in [5, 5.41) is 19.9. The molecule has 2 aromatic rings. The van der Waals surface area contributed by atoms with E-state index < -0.39 is 30.3 Å². The highest BCUT2D eigenvalue weighted by Crippen LogP contribution is 2.31. The quantitative estimate of drug-likeness (QED) is 0.891. The number of benzene rings is 2. The maximum atomic E-state index is 13.8. The summed E-state index contributed by atoms with van der Waals surface area (Å²) >= 11 is 5.92. The summed E-state index contributed by atoms with van der Waals surface area (Å²) < 4.78 is 27.6. The van der Waals surface area contributed by atoms with Gasteiger partial charge < -0.3 is 10.2 Å². The van der Waals surface area contributed by atoms with Crippen LogP contribution in [0.4, 0.5) is 8.78 Å². The van der Waals surface area contributed by atoms with E-state index >= 15 is 0 Å². The van der Waals surface area contributed by atoms with Crippen LogP contribution in [0.2, 0.25) is 5.02 Å². The van der Waals surface area contributed by atoms with E-state index in [0.29, 0.717) is 10.6 Å². The number of rotatable bonds is 5. The third-order valence-corrected chi connectivity index (χ3v) is 3.85. The zero-order valence-electron chi connectivity index (χ0n) is 11.2. The fourth-order valence-electron chi connectivity index (χ4n) is 2.30. The Balaban J connectivity index is 2.48. The molecular weight excluding hydrogens is 298 g/mol. The fourth-order valence-corrected chi connectivity index (χ4v) is 2.49. The molecule has 0 aliphatic carbocycles. The number of hydrogen-bond acceptors (Lipinski definition) is 2. The molecule has 0 fully saturated rings. The molecule has 0 aliphatic rings. The third kappa shape index (κ3) is 3.23. The highest BCUT2D eigenvalue weighted by molar-refractivity contribution is 6.30. The van der Waals surface area contributed by atoms with Gasteiger partial charge in [-0.1, -0.05) is 29.8 Å². The van der Waals surface area contributed by atoms with Crippen LogP contribution in [0.5, 0.6) is 0 Å². The van der Waals surface area contributed by atoms with Crippen molar-refractivity contribution in [3.8, 4) is 0 Å². The van der Waals surface area contributed by atoms with E-state index in [-0.39, 0.29) is 12.0 Å².